The molecule has 0 saturated carbocycles. The van der Waals surface area contributed by atoms with E-state index in [-0.39, 0.29) is 19.0 Å². The van der Waals surface area contributed by atoms with Crippen molar-refractivity contribution in [1.29, 1.82) is 0 Å². The predicted octanol–water partition coefficient (Wildman–Crippen LogP) is 1.46. The number of halogens is 1. The van der Waals surface area contributed by atoms with Crippen LogP contribution in [0.3, 0.4) is 0 Å². The topological polar surface area (TPSA) is 77.2 Å². The highest BCUT2D eigenvalue weighted by Gasteiger charge is 2.03. The molecule has 0 amide bonds. The molecule has 0 aliphatic carbocycles. The lowest BCUT2D eigenvalue weighted by Crippen LogP contribution is -2.09. The van der Waals surface area contributed by atoms with Gasteiger partial charge < -0.3 is 9.84 Å². The molecule has 0 saturated heterocycles. The number of hydrogen-bond donors (Lipinski definition) is 1. The fourth-order valence-corrected chi connectivity index (χ4v) is 1.39. The zero-order valence-electron chi connectivity index (χ0n) is 9.61. The molecule has 0 unspecified atom stereocenters. The monoisotopic (exact) mass is 269 g/mol. The standard InChI is InChI=1S/C11H11N3O3.ClH/c1-8-13-12-7-14(8)9-2-4-10(5-3-9)17-6-11(15)16;/h2-5,7H,6H2,1H3,(H,15,16);1H. The number of carbonyl (C=O) groups is 1. The average Bonchev–Trinajstić information content (AvgIpc) is 2.73. The molecule has 0 fully saturated rings. The summed E-state index contributed by atoms with van der Waals surface area (Å²) < 4.78 is 6.85. The third-order valence-corrected chi connectivity index (χ3v) is 2.20. The molecule has 0 aliphatic heterocycles. The molecule has 0 bridgehead atoms. The summed E-state index contributed by atoms with van der Waals surface area (Å²) >= 11 is 0. The minimum atomic E-state index is -0.997. The van der Waals surface area contributed by atoms with E-state index in [1.165, 1.54) is 0 Å². The van der Waals surface area contributed by atoms with Crippen LogP contribution in [0.5, 0.6) is 5.75 Å². The van der Waals surface area contributed by atoms with E-state index in [2.05, 4.69) is 10.2 Å². The molecule has 96 valence electrons. The highest BCUT2D eigenvalue weighted by molar-refractivity contribution is 5.85. The molecule has 1 N–H and O–H groups in total. The summed E-state index contributed by atoms with van der Waals surface area (Å²) in [5, 5.41) is 16.1. The highest BCUT2D eigenvalue weighted by Crippen LogP contribution is 2.15. The van der Waals surface area contributed by atoms with Crippen LogP contribution in [0.25, 0.3) is 5.69 Å². The normalized spacial score (nSPS) is 9.61. The number of rotatable bonds is 4. The number of carboxylic acid groups (broad SMARTS) is 1. The summed E-state index contributed by atoms with van der Waals surface area (Å²) in [5.41, 5.74) is 0.898. The van der Waals surface area contributed by atoms with Gasteiger partial charge >= 0.3 is 5.97 Å². The maximum atomic E-state index is 10.3. The number of ether oxygens (including phenoxy) is 1. The number of nitrogens with zero attached hydrogens (tertiary/aromatic N) is 3. The van der Waals surface area contributed by atoms with E-state index in [4.69, 9.17) is 9.84 Å². The first-order chi connectivity index (χ1) is 8.16. The van der Waals surface area contributed by atoms with Gasteiger partial charge in [0.25, 0.3) is 0 Å². The maximum Gasteiger partial charge on any atom is 0.341 e. The molecule has 0 spiro atoms. The SMILES string of the molecule is Cc1nncn1-c1ccc(OCC(=O)O)cc1.Cl. The van der Waals surface area contributed by atoms with E-state index in [1.807, 2.05) is 23.6 Å². The molecule has 0 atom stereocenters. The number of benzene rings is 1. The number of hydrogen-bond acceptors (Lipinski definition) is 4. The highest BCUT2D eigenvalue weighted by atomic mass is 35.5. The zero-order chi connectivity index (χ0) is 12.3. The Morgan fingerprint density at radius 1 is 1.39 bits per heavy atom. The molecule has 0 radical (unpaired) electrons. The second-order valence-electron chi connectivity index (χ2n) is 3.42. The Morgan fingerprint density at radius 3 is 2.56 bits per heavy atom. The minimum Gasteiger partial charge on any atom is -0.482 e. The molecule has 6 nitrogen and oxygen atoms in total. The van der Waals surface area contributed by atoms with Gasteiger partial charge in [0.05, 0.1) is 0 Å². The van der Waals surface area contributed by atoms with Crippen LogP contribution in [0.15, 0.2) is 30.6 Å². The Balaban J connectivity index is 0.00000162. The Morgan fingerprint density at radius 2 is 2.06 bits per heavy atom. The van der Waals surface area contributed by atoms with Gasteiger partial charge in [0, 0.05) is 5.69 Å². The van der Waals surface area contributed by atoms with Crippen molar-refractivity contribution in [2.45, 2.75) is 6.92 Å². The van der Waals surface area contributed by atoms with Crippen LogP contribution >= 0.6 is 12.4 Å². The maximum absolute atomic E-state index is 10.3. The van der Waals surface area contributed by atoms with Crippen LogP contribution in [0.2, 0.25) is 0 Å². The fourth-order valence-electron chi connectivity index (χ4n) is 1.39. The first-order valence-electron chi connectivity index (χ1n) is 4.98. The number of aromatic nitrogens is 3. The molecule has 7 heteroatoms. The summed E-state index contributed by atoms with van der Waals surface area (Å²) in [5.74, 6) is 0.301. The number of aryl methyl sites for hydroxylation is 1. The van der Waals surface area contributed by atoms with Crippen molar-refractivity contribution in [3.05, 3.63) is 36.4 Å². The molecule has 18 heavy (non-hydrogen) atoms. The molecular weight excluding hydrogens is 258 g/mol. The summed E-state index contributed by atoms with van der Waals surface area (Å²) in [6.45, 7) is 1.51. The van der Waals surface area contributed by atoms with Gasteiger partial charge in [-0.25, -0.2) is 4.79 Å². The van der Waals surface area contributed by atoms with E-state index in [0.717, 1.165) is 11.5 Å². The van der Waals surface area contributed by atoms with Crippen molar-refractivity contribution in [2.75, 3.05) is 6.61 Å². The van der Waals surface area contributed by atoms with E-state index in [1.54, 1.807) is 18.5 Å². The van der Waals surface area contributed by atoms with Gasteiger partial charge in [-0.15, -0.1) is 22.6 Å². The Bertz CT molecular complexity index is 525. The second-order valence-corrected chi connectivity index (χ2v) is 3.42. The fraction of sp³-hybridized carbons (Fsp3) is 0.182. The number of carboxylic acids is 1. The molecular formula is C11H12ClN3O3. The molecule has 2 rings (SSSR count). The summed E-state index contributed by atoms with van der Waals surface area (Å²) in [7, 11) is 0. The second kappa shape index (κ2) is 6.02. The smallest absolute Gasteiger partial charge is 0.341 e. The van der Waals surface area contributed by atoms with Crippen LogP contribution in [-0.2, 0) is 4.79 Å². The Hall–Kier alpha value is -2.08. The van der Waals surface area contributed by atoms with Crippen molar-refractivity contribution in [3.8, 4) is 11.4 Å². The van der Waals surface area contributed by atoms with Crippen LogP contribution in [-0.4, -0.2) is 32.4 Å². The lowest BCUT2D eigenvalue weighted by atomic mass is 10.3. The summed E-state index contributed by atoms with van der Waals surface area (Å²) in [4.78, 5) is 10.3. The van der Waals surface area contributed by atoms with E-state index in [9.17, 15) is 4.79 Å². The van der Waals surface area contributed by atoms with Crippen molar-refractivity contribution in [2.24, 2.45) is 0 Å². The third-order valence-electron chi connectivity index (χ3n) is 2.20. The van der Waals surface area contributed by atoms with Crippen molar-refractivity contribution >= 4 is 18.4 Å². The van der Waals surface area contributed by atoms with Gasteiger partial charge in [0.15, 0.2) is 6.61 Å². The first kappa shape index (κ1) is 14.0. The third kappa shape index (κ3) is 3.21. The van der Waals surface area contributed by atoms with Crippen LogP contribution in [0.4, 0.5) is 0 Å². The van der Waals surface area contributed by atoms with E-state index < -0.39 is 5.97 Å². The van der Waals surface area contributed by atoms with Gasteiger partial charge in [-0.05, 0) is 31.2 Å². The molecule has 1 heterocycles. The molecule has 1 aromatic heterocycles. The van der Waals surface area contributed by atoms with Gasteiger partial charge in [0.2, 0.25) is 0 Å². The van der Waals surface area contributed by atoms with Gasteiger partial charge in [0.1, 0.15) is 17.9 Å². The van der Waals surface area contributed by atoms with Crippen molar-refractivity contribution in [3.63, 3.8) is 0 Å². The quantitative estimate of drug-likeness (QED) is 0.909. The largest absolute Gasteiger partial charge is 0.482 e. The average molecular weight is 270 g/mol. The van der Waals surface area contributed by atoms with E-state index >= 15 is 0 Å². The summed E-state index contributed by atoms with van der Waals surface area (Å²) in [6.07, 6.45) is 1.61. The van der Waals surface area contributed by atoms with Crippen LogP contribution in [0.1, 0.15) is 5.82 Å². The van der Waals surface area contributed by atoms with Crippen molar-refractivity contribution in [1.82, 2.24) is 14.8 Å². The van der Waals surface area contributed by atoms with Crippen LogP contribution in [0, 0.1) is 6.92 Å². The number of aliphatic carboxylic acids is 1. The zero-order valence-corrected chi connectivity index (χ0v) is 10.4. The van der Waals surface area contributed by atoms with Gasteiger partial charge in [-0.3, -0.25) is 4.57 Å². The van der Waals surface area contributed by atoms with Gasteiger partial charge in [-0.1, -0.05) is 0 Å². The van der Waals surface area contributed by atoms with Gasteiger partial charge in [-0.2, -0.15) is 0 Å². The van der Waals surface area contributed by atoms with Crippen LogP contribution < -0.4 is 4.74 Å². The summed E-state index contributed by atoms with van der Waals surface area (Å²) in [6, 6.07) is 7.04. The van der Waals surface area contributed by atoms with E-state index in [0.29, 0.717) is 5.75 Å². The molecule has 1 aromatic carbocycles. The Labute approximate surface area is 110 Å². The minimum absolute atomic E-state index is 0. The lowest BCUT2D eigenvalue weighted by Gasteiger charge is -2.06. The lowest BCUT2D eigenvalue weighted by molar-refractivity contribution is -0.139. The Kier molecular flexibility index (Phi) is 4.67. The van der Waals surface area contributed by atoms with Crippen molar-refractivity contribution < 1.29 is 14.6 Å². The first-order valence-corrected chi connectivity index (χ1v) is 4.98. The molecule has 0 aliphatic rings. The molecule has 2 aromatic rings. The predicted molar refractivity (Wildman–Crippen MR) is 66.5 cm³/mol.